The molecule has 1 aliphatic rings. The van der Waals surface area contributed by atoms with Gasteiger partial charge in [0.05, 0.1) is 17.8 Å². The Bertz CT molecular complexity index is 392. The molecule has 1 aromatic carbocycles. The zero-order valence-electron chi connectivity index (χ0n) is 10.1. The van der Waals surface area contributed by atoms with Gasteiger partial charge in [0.1, 0.15) is 0 Å². The van der Waals surface area contributed by atoms with E-state index in [1.54, 1.807) is 12.1 Å². The van der Waals surface area contributed by atoms with Gasteiger partial charge in [-0.05, 0) is 38.1 Å². The quantitative estimate of drug-likeness (QED) is 0.878. The zero-order valence-corrected chi connectivity index (χ0v) is 10.1. The summed E-state index contributed by atoms with van der Waals surface area (Å²) < 4.78 is 5.66. The number of rotatable bonds is 2. The largest absolute Gasteiger partial charge is 0.478 e. The molecule has 0 unspecified atom stereocenters. The highest BCUT2D eigenvalue weighted by molar-refractivity contribution is 5.88. The van der Waals surface area contributed by atoms with Crippen LogP contribution in [0, 0.1) is 0 Å². The van der Waals surface area contributed by atoms with Crippen LogP contribution in [0.2, 0.25) is 0 Å². The fourth-order valence-corrected chi connectivity index (χ4v) is 2.20. The molecule has 1 fully saturated rings. The lowest BCUT2D eigenvalue weighted by Gasteiger charge is -2.36. The Balaban J connectivity index is 0.00000162. The highest BCUT2D eigenvalue weighted by Gasteiger charge is 2.22. The summed E-state index contributed by atoms with van der Waals surface area (Å²) in [5.74, 6) is -0.889. The second-order valence-electron chi connectivity index (χ2n) is 4.51. The van der Waals surface area contributed by atoms with E-state index in [1.807, 2.05) is 26.0 Å². The SMILES string of the molecule is C.C[C@@H]1CN(c2ccc(C(=O)O)cc2)C[C@H](C)O1. The molecule has 0 radical (unpaired) electrons. The van der Waals surface area contributed by atoms with E-state index in [0.29, 0.717) is 5.56 Å². The number of hydrogen-bond donors (Lipinski definition) is 1. The number of anilines is 1. The summed E-state index contributed by atoms with van der Waals surface area (Å²) in [6, 6.07) is 6.99. The Hall–Kier alpha value is -1.55. The molecule has 100 valence electrons. The number of nitrogens with zero attached hydrogens (tertiary/aromatic N) is 1. The lowest BCUT2D eigenvalue weighted by Crippen LogP contribution is -2.45. The van der Waals surface area contributed by atoms with Crippen LogP contribution >= 0.6 is 0 Å². The van der Waals surface area contributed by atoms with Crippen LogP contribution in [0.1, 0.15) is 31.6 Å². The first-order valence-corrected chi connectivity index (χ1v) is 5.80. The van der Waals surface area contributed by atoms with Crippen LogP contribution in [0.5, 0.6) is 0 Å². The Morgan fingerprint density at radius 2 is 1.72 bits per heavy atom. The van der Waals surface area contributed by atoms with Crippen LogP contribution in [0.25, 0.3) is 0 Å². The normalized spacial score (nSPS) is 23.3. The molecule has 4 nitrogen and oxygen atoms in total. The number of ether oxygens (including phenoxy) is 1. The molecule has 1 aliphatic heterocycles. The van der Waals surface area contributed by atoms with Crippen molar-refractivity contribution in [2.45, 2.75) is 33.5 Å². The number of carboxylic acid groups (broad SMARTS) is 1. The standard InChI is InChI=1S/C13H17NO3.CH4/c1-9-7-14(8-10(2)17-9)12-5-3-11(4-6-12)13(15)16;/h3-6,9-10H,7-8H2,1-2H3,(H,15,16);1H4/t9-,10+;. The van der Waals surface area contributed by atoms with E-state index in [9.17, 15) is 4.79 Å². The van der Waals surface area contributed by atoms with Crippen LogP contribution in [-0.2, 0) is 4.74 Å². The van der Waals surface area contributed by atoms with Crippen LogP contribution in [0.4, 0.5) is 5.69 Å². The first-order chi connectivity index (χ1) is 8.06. The third-order valence-electron chi connectivity index (χ3n) is 2.90. The summed E-state index contributed by atoms with van der Waals surface area (Å²) in [7, 11) is 0. The first-order valence-electron chi connectivity index (χ1n) is 5.80. The van der Waals surface area contributed by atoms with Gasteiger partial charge in [0, 0.05) is 18.8 Å². The molecule has 1 aromatic rings. The highest BCUT2D eigenvalue weighted by Crippen LogP contribution is 2.20. The van der Waals surface area contributed by atoms with Crippen molar-refractivity contribution < 1.29 is 14.6 Å². The molecule has 0 amide bonds. The smallest absolute Gasteiger partial charge is 0.335 e. The van der Waals surface area contributed by atoms with Gasteiger partial charge in [-0.2, -0.15) is 0 Å². The Labute approximate surface area is 108 Å². The molecule has 18 heavy (non-hydrogen) atoms. The molecule has 2 atom stereocenters. The van der Waals surface area contributed by atoms with E-state index in [1.165, 1.54) is 0 Å². The summed E-state index contributed by atoms with van der Waals surface area (Å²) in [6.45, 7) is 5.79. The number of carbonyl (C=O) groups is 1. The van der Waals surface area contributed by atoms with Gasteiger partial charge in [-0.1, -0.05) is 7.43 Å². The Morgan fingerprint density at radius 3 is 2.17 bits per heavy atom. The number of benzene rings is 1. The van der Waals surface area contributed by atoms with E-state index in [2.05, 4.69) is 4.90 Å². The second kappa shape index (κ2) is 5.87. The van der Waals surface area contributed by atoms with Crippen molar-refractivity contribution in [2.24, 2.45) is 0 Å². The molecular weight excluding hydrogens is 230 g/mol. The molecule has 2 rings (SSSR count). The zero-order chi connectivity index (χ0) is 12.4. The molecule has 0 aromatic heterocycles. The van der Waals surface area contributed by atoms with Gasteiger partial charge < -0.3 is 14.7 Å². The van der Waals surface area contributed by atoms with E-state index in [0.717, 1.165) is 18.8 Å². The number of morpholine rings is 1. The van der Waals surface area contributed by atoms with Crippen molar-refractivity contribution in [3.63, 3.8) is 0 Å². The fourth-order valence-electron chi connectivity index (χ4n) is 2.20. The van der Waals surface area contributed by atoms with E-state index in [-0.39, 0.29) is 19.6 Å². The van der Waals surface area contributed by atoms with Crippen LogP contribution in [0.15, 0.2) is 24.3 Å². The van der Waals surface area contributed by atoms with Gasteiger partial charge in [-0.3, -0.25) is 0 Å². The van der Waals surface area contributed by atoms with Crippen LogP contribution < -0.4 is 4.90 Å². The average molecular weight is 251 g/mol. The van der Waals surface area contributed by atoms with Crippen molar-refractivity contribution >= 4 is 11.7 Å². The van der Waals surface area contributed by atoms with Crippen molar-refractivity contribution in [2.75, 3.05) is 18.0 Å². The topological polar surface area (TPSA) is 49.8 Å². The lowest BCUT2D eigenvalue weighted by atomic mass is 10.1. The minimum absolute atomic E-state index is 0. The predicted octanol–water partition coefficient (Wildman–Crippen LogP) is 2.63. The minimum Gasteiger partial charge on any atom is -0.478 e. The van der Waals surface area contributed by atoms with E-state index in [4.69, 9.17) is 9.84 Å². The van der Waals surface area contributed by atoms with Gasteiger partial charge in [0.2, 0.25) is 0 Å². The summed E-state index contributed by atoms with van der Waals surface area (Å²) in [4.78, 5) is 13.0. The predicted molar refractivity (Wildman–Crippen MR) is 72.4 cm³/mol. The van der Waals surface area contributed by atoms with Crippen molar-refractivity contribution in [1.29, 1.82) is 0 Å². The number of aromatic carboxylic acids is 1. The molecule has 0 bridgehead atoms. The van der Waals surface area contributed by atoms with Gasteiger partial charge in [0.15, 0.2) is 0 Å². The lowest BCUT2D eigenvalue weighted by molar-refractivity contribution is -0.00522. The molecular formula is C14H21NO3. The molecule has 0 spiro atoms. The van der Waals surface area contributed by atoms with Crippen LogP contribution in [0.3, 0.4) is 0 Å². The van der Waals surface area contributed by atoms with Crippen molar-refractivity contribution in [3.05, 3.63) is 29.8 Å². The van der Waals surface area contributed by atoms with Gasteiger partial charge >= 0.3 is 5.97 Å². The molecule has 1 heterocycles. The van der Waals surface area contributed by atoms with E-state index < -0.39 is 5.97 Å². The van der Waals surface area contributed by atoms with Gasteiger partial charge in [-0.15, -0.1) is 0 Å². The fraction of sp³-hybridized carbons (Fsp3) is 0.500. The molecule has 0 aliphatic carbocycles. The molecule has 0 saturated carbocycles. The van der Waals surface area contributed by atoms with Crippen LogP contribution in [-0.4, -0.2) is 36.4 Å². The summed E-state index contributed by atoms with van der Waals surface area (Å²) in [6.07, 6.45) is 0.413. The first kappa shape index (κ1) is 14.5. The maximum Gasteiger partial charge on any atom is 0.335 e. The maximum atomic E-state index is 10.8. The molecule has 1 N–H and O–H groups in total. The Kier molecular flexibility index (Phi) is 4.73. The average Bonchev–Trinajstić information content (AvgIpc) is 2.28. The molecule has 4 heteroatoms. The monoisotopic (exact) mass is 251 g/mol. The third kappa shape index (κ3) is 3.23. The van der Waals surface area contributed by atoms with Crippen molar-refractivity contribution in [3.8, 4) is 0 Å². The molecule has 1 saturated heterocycles. The number of hydrogen-bond acceptors (Lipinski definition) is 3. The third-order valence-corrected chi connectivity index (χ3v) is 2.90. The summed E-state index contributed by atoms with van der Waals surface area (Å²) in [5, 5.41) is 8.84. The minimum atomic E-state index is -0.889. The van der Waals surface area contributed by atoms with Crippen molar-refractivity contribution in [1.82, 2.24) is 0 Å². The van der Waals surface area contributed by atoms with Gasteiger partial charge in [0.25, 0.3) is 0 Å². The summed E-state index contributed by atoms with van der Waals surface area (Å²) >= 11 is 0. The van der Waals surface area contributed by atoms with E-state index >= 15 is 0 Å². The number of carboxylic acids is 1. The maximum absolute atomic E-state index is 10.8. The van der Waals surface area contributed by atoms with Gasteiger partial charge in [-0.25, -0.2) is 4.79 Å². The second-order valence-corrected chi connectivity index (χ2v) is 4.51. The summed E-state index contributed by atoms with van der Waals surface area (Å²) in [5.41, 5.74) is 1.38. The highest BCUT2D eigenvalue weighted by atomic mass is 16.5. The Morgan fingerprint density at radius 1 is 1.22 bits per heavy atom.